The smallest absolute Gasteiger partial charge is 0.240 e. The fourth-order valence-electron chi connectivity index (χ4n) is 2.41. The SMILES string of the molecule is Cc1cc2c(NC(C)(C)C3CC3)nc(NN)nc2s1. The molecule has 0 bridgehead atoms. The van der Waals surface area contributed by atoms with Gasteiger partial charge in [0.1, 0.15) is 10.6 Å². The van der Waals surface area contributed by atoms with Gasteiger partial charge < -0.3 is 5.32 Å². The van der Waals surface area contributed by atoms with Gasteiger partial charge in [0, 0.05) is 10.4 Å². The van der Waals surface area contributed by atoms with Crippen LogP contribution in [-0.4, -0.2) is 15.5 Å². The number of rotatable bonds is 4. The highest BCUT2D eigenvalue weighted by molar-refractivity contribution is 7.18. The van der Waals surface area contributed by atoms with Crippen LogP contribution in [0.15, 0.2) is 6.07 Å². The molecule has 0 spiro atoms. The molecule has 5 nitrogen and oxygen atoms in total. The number of hydrazine groups is 1. The molecule has 6 heteroatoms. The predicted octanol–water partition coefficient (Wildman–Crippen LogP) is 2.89. The van der Waals surface area contributed by atoms with Gasteiger partial charge in [-0.2, -0.15) is 4.98 Å². The normalized spacial score (nSPS) is 15.8. The first-order valence-electron chi connectivity index (χ1n) is 6.52. The molecular weight excluding hydrogens is 258 g/mol. The minimum atomic E-state index is 0.0585. The summed E-state index contributed by atoms with van der Waals surface area (Å²) >= 11 is 1.66. The summed E-state index contributed by atoms with van der Waals surface area (Å²) in [6.07, 6.45) is 2.58. The molecule has 102 valence electrons. The van der Waals surface area contributed by atoms with Crippen molar-refractivity contribution in [2.75, 3.05) is 10.7 Å². The lowest BCUT2D eigenvalue weighted by Gasteiger charge is -2.27. The largest absolute Gasteiger partial charge is 0.364 e. The van der Waals surface area contributed by atoms with Crippen LogP contribution in [0.3, 0.4) is 0 Å². The number of thiophene rings is 1. The van der Waals surface area contributed by atoms with Gasteiger partial charge in [0.15, 0.2) is 0 Å². The molecule has 0 aliphatic heterocycles. The molecule has 0 radical (unpaired) electrons. The number of nitrogens with two attached hydrogens (primary N) is 1. The Morgan fingerprint density at radius 1 is 1.37 bits per heavy atom. The van der Waals surface area contributed by atoms with Crippen LogP contribution in [0.4, 0.5) is 11.8 Å². The van der Waals surface area contributed by atoms with Crippen molar-refractivity contribution in [3.63, 3.8) is 0 Å². The third-order valence-electron chi connectivity index (χ3n) is 3.68. The van der Waals surface area contributed by atoms with E-state index in [9.17, 15) is 0 Å². The van der Waals surface area contributed by atoms with Gasteiger partial charge in [0.2, 0.25) is 5.95 Å². The van der Waals surface area contributed by atoms with E-state index in [1.807, 2.05) is 0 Å². The van der Waals surface area contributed by atoms with Gasteiger partial charge >= 0.3 is 0 Å². The minimum Gasteiger partial charge on any atom is -0.364 e. The molecule has 1 saturated carbocycles. The molecule has 2 heterocycles. The highest BCUT2D eigenvalue weighted by Gasteiger charge is 2.38. The van der Waals surface area contributed by atoms with Crippen molar-refractivity contribution >= 4 is 33.3 Å². The number of aromatic nitrogens is 2. The van der Waals surface area contributed by atoms with Crippen LogP contribution >= 0.6 is 11.3 Å². The Morgan fingerprint density at radius 2 is 2.11 bits per heavy atom. The molecule has 1 aliphatic carbocycles. The van der Waals surface area contributed by atoms with E-state index in [2.05, 4.69) is 47.5 Å². The van der Waals surface area contributed by atoms with E-state index in [1.54, 1.807) is 11.3 Å². The van der Waals surface area contributed by atoms with E-state index in [1.165, 1.54) is 17.7 Å². The topological polar surface area (TPSA) is 75.9 Å². The van der Waals surface area contributed by atoms with Crippen LogP contribution in [0.5, 0.6) is 0 Å². The number of anilines is 2. The third-order valence-corrected chi connectivity index (χ3v) is 4.63. The number of hydrogen-bond donors (Lipinski definition) is 3. The number of fused-ring (bicyclic) bond motifs is 1. The highest BCUT2D eigenvalue weighted by atomic mass is 32.1. The molecule has 3 rings (SSSR count). The molecule has 1 aliphatic rings. The zero-order chi connectivity index (χ0) is 13.6. The molecule has 19 heavy (non-hydrogen) atoms. The lowest BCUT2D eigenvalue weighted by atomic mass is 9.99. The summed E-state index contributed by atoms with van der Waals surface area (Å²) in [4.78, 5) is 11.1. The molecule has 2 aromatic rings. The Labute approximate surface area is 116 Å². The maximum atomic E-state index is 5.45. The van der Waals surface area contributed by atoms with Gasteiger partial charge in [-0.25, -0.2) is 10.8 Å². The van der Waals surface area contributed by atoms with E-state index in [0.717, 1.165) is 22.0 Å². The van der Waals surface area contributed by atoms with Crippen molar-refractivity contribution in [1.82, 2.24) is 9.97 Å². The Morgan fingerprint density at radius 3 is 2.74 bits per heavy atom. The molecule has 0 unspecified atom stereocenters. The summed E-state index contributed by atoms with van der Waals surface area (Å²) in [5.74, 6) is 7.52. The summed E-state index contributed by atoms with van der Waals surface area (Å²) in [6, 6.07) is 2.13. The van der Waals surface area contributed by atoms with E-state index >= 15 is 0 Å². The van der Waals surface area contributed by atoms with E-state index in [0.29, 0.717) is 5.95 Å². The van der Waals surface area contributed by atoms with Gasteiger partial charge in [-0.15, -0.1) is 11.3 Å². The number of nitrogens with zero attached hydrogens (tertiary/aromatic N) is 2. The molecule has 0 aromatic carbocycles. The van der Waals surface area contributed by atoms with Crippen molar-refractivity contribution in [2.45, 2.75) is 39.2 Å². The Kier molecular flexibility index (Phi) is 2.87. The molecule has 4 N–H and O–H groups in total. The molecule has 2 aromatic heterocycles. The Bertz CT molecular complexity index is 615. The van der Waals surface area contributed by atoms with Gasteiger partial charge in [-0.3, -0.25) is 5.43 Å². The summed E-state index contributed by atoms with van der Waals surface area (Å²) in [5.41, 5.74) is 2.60. The van der Waals surface area contributed by atoms with E-state index in [4.69, 9.17) is 5.84 Å². The maximum Gasteiger partial charge on any atom is 0.240 e. The second-order valence-corrected chi connectivity index (χ2v) is 6.97. The molecular formula is C13H19N5S. The quantitative estimate of drug-likeness (QED) is 0.592. The highest BCUT2D eigenvalue weighted by Crippen LogP contribution is 2.42. The zero-order valence-electron chi connectivity index (χ0n) is 11.4. The fourth-order valence-corrected chi connectivity index (χ4v) is 3.29. The number of nitrogen functional groups attached to an aromatic ring is 1. The first kappa shape index (κ1) is 12.6. The molecule has 0 atom stereocenters. The van der Waals surface area contributed by atoms with Crippen molar-refractivity contribution < 1.29 is 0 Å². The van der Waals surface area contributed by atoms with E-state index in [-0.39, 0.29) is 5.54 Å². The fraction of sp³-hybridized carbons (Fsp3) is 0.538. The molecule has 0 saturated heterocycles. The van der Waals surface area contributed by atoms with Crippen LogP contribution in [0.25, 0.3) is 10.2 Å². The number of hydrogen-bond acceptors (Lipinski definition) is 6. The van der Waals surface area contributed by atoms with Crippen molar-refractivity contribution in [3.05, 3.63) is 10.9 Å². The molecule has 1 fully saturated rings. The average molecular weight is 277 g/mol. The Balaban J connectivity index is 2.05. The summed E-state index contributed by atoms with van der Waals surface area (Å²) in [5, 5.41) is 4.65. The third kappa shape index (κ3) is 2.37. The first-order valence-corrected chi connectivity index (χ1v) is 7.34. The second-order valence-electron chi connectivity index (χ2n) is 5.74. The van der Waals surface area contributed by atoms with Crippen LogP contribution in [0.1, 0.15) is 31.6 Å². The van der Waals surface area contributed by atoms with Gasteiger partial charge in [0.05, 0.1) is 5.39 Å². The average Bonchev–Trinajstić information content (AvgIpc) is 3.12. The lowest BCUT2D eigenvalue weighted by molar-refractivity contribution is 0.493. The molecule has 0 amide bonds. The van der Waals surface area contributed by atoms with Crippen molar-refractivity contribution in [3.8, 4) is 0 Å². The van der Waals surface area contributed by atoms with Crippen LogP contribution in [-0.2, 0) is 0 Å². The predicted molar refractivity (Wildman–Crippen MR) is 80.4 cm³/mol. The van der Waals surface area contributed by atoms with Crippen LogP contribution < -0.4 is 16.6 Å². The van der Waals surface area contributed by atoms with Crippen molar-refractivity contribution in [2.24, 2.45) is 11.8 Å². The number of nitrogens with one attached hydrogen (secondary N) is 2. The maximum absolute atomic E-state index is 5.45. The monoisotopic (exact) mass is 277 g/mol. The van der Waals surface area contributed by atoms with E-state index < -0.39 is 0 Å². The first-order chi connectivity index (χ1) is 8.99. The zero-order valence-corrected chi connectivity index (χ0v) is 12.3. The van der Waals surface area contributed by atoms with Crippen LogP contribution in [0, 0.1) is 12.8 Å². The van der Waals surface area contributed by atoms with Gasteiger partial charge in [0.25, 0.3) is 0 Å². The Hall–Kier alpha value is -1.40. The summed E-state index contributed by atoms with van der Waals surface area (Å²) in [6.45, 7) is 6.54. The second kappa shape index (κ2) is 4.31. The minimum absolute atomic E-state index is 0.0585. The van der Waals surface area contributed by atoms with Crippen LogP contribution in [0.2, 0.25) is 0 Å². The summed E-state index contributed by atoms with van der Waals surface area (Å²) in [7, 11) is 0. The van der Waals surface area contributed by atoms with Crippen molar-refractivity contribution in [1.29, 1.82) is 0 Å². The van der Waals surface area contributed by atoms with Gasteiger partial charge in [-0.05, 0) is 45.6 Å². The number of aryl methyl sites for hydroxylation is 1. The lowest BCUT2D eigenvalue weighted by Crippen LogP contribution is -2.34. The standard InChI is InChI=1S/C13H19N5S/c1-7-6-9-10(17-13(2,3)8-4-5-8)15-12(18-14)16-11(9)19-7/h6,8H,4-5,14H2,1-3H3,(H2,15,16,17,18). The van der Waals surface area contributed by atoms with Gasteiger partial charge in [-0.1, -0.05) is 0 Å². The summed E-state index contributed by atoms with van der Waals surface area (Å²) < 4.78 is 0.